The number of para-hydroxylation sites is 1. The Labute approximate surface area is 150 Å². The summed E-state index contributed by atoms with van der Waals surface area (Å²) >= 11 is 0. The second-order valence-corrected chi connectivity index (χ2v) is 6.37. The lowest BCUT2D eigenvalue weighted by molar-refractivity contribution is -0.116. The van der Waals surface area contributed by atoms with Gasteiger partial charge in [-0.25, -0.2) is 4.39 Å². The predicted octanol–water partition coefficient (Wildman–Crippen LogP) is 3.91. The summed E-state index contributed by atoms with van der Waals surface area (Å²) in [7, 11) is 0. The molecule has 5 nitrogen and oxygen atoms in total. The molecule has 4 rings (SSSR count). The van der Waals surface area contributed by atoms with Crippen LogP contribution in [-0.4, -0.2) is 16.1 Å². The van der Waals surface area contributed by atoms with E-state index in [0.717, 1.165) is 22.4 Å². The number of fused-ring (bicyclic) bond motifs is 1. The molecule has 0 spiro atoms. The topological polar surface area (TPSA) is 67.0 Å². The SMILES string of the molecule is Cc1[nH]nc2c1[C@H](c1ccccc1OCc1ccc(F)cc1)CC(=O)N2. The van der Waals surface area contributed by atoms with E-state index in [0.29, 0.717) is 24.6 Å². The van der Waals surface area contributed by atoms with Crippen LogP contribution in [0.4, 0.5) is 10.2 Å². The highest BCUT2D eigenvalue weighted by Gasteiger charge is 2.32. The molecule has 0 saturated heterocycles. The molecule has 132 valence electrons. The summed E-state index contributed by atoms with van der Waals surface area (Å²) in [5.74, 6) is 0.828. The molecule has 26 heavy (non-hydrogen) atoms. The summed E-state index contributed by atoms with van der Waals surface area (Å²) in [4.78, 5) is 12.1. The third-order valence-corrected chi connectivity index (χ3v) is 4.59. The number of benzene rings is 2. The zero-order valence-electron chi connectivity index (χ0n) is 14.3. The largest absolute Gasteiger partial charge is 0.489 e. The van der Waals surface area contributed by atoms with Crippen LogP contribution in [0.3, 0.4) is 0 Å². The smallest absolute Gasteiger partial charge is 0.226 e. The number of ether oxygens (including phenoxy) is 1. The van der Waals surface area contributed by atoms with Crippen LogP contribution >= 0.6 is 0 Å². The molecule has 2 heterocycles. The number of H-pyrrole nitrogens is 1. The van der Waals surface area contributed by atoms with Crippen molar-refractivity contribution in [1.82, 2.24) is 10.2 Å². The van der Waals surface area contributed by atoms with Gasteiger partial charge in [-0.05, 0) is 30.7 Å². The van der Waals surface area contributed by atoms with Gasteiger partial charge in [0.2, 0.25) is 5.91 Å². The summed E-state index contributed by atoms with van der Waals surface area (Å²) in [6.45, 7) is 2.27. The van der Waals surface area contributed by atoms with Crippen LogP contribution < -0.4 is 10.1 Å². The number of aromatic amines is 1. The van der Waals surface area contributed by atoms with Crippen molar-refractivity contribution < 1.29 is 13.9 Å². The van der Waals surface area contributed by atoms with Crippen LogP contribution in [0.15, 0.2) is 48.5 Å². The van der Waals surface area contributed by atoms with Crippen molar-refractivity contribution in [1.29, 1.82) is 0 Å². The van der Waals surface area contributed by atoms with Crippen molar-refractivity contribution in [3.63, 3.8) is 0 Å². The molecule has 0 saturated carbocycles. The van der Waals surface area contributed by atoms with Gasteiger partial charge >= 0.3 is 0 Å². The first-order chi connectivity index (χ1) is 12.6. The molecule has 2 aromatic carbocycles. The maximum Gasteiger partial charge on any atom is 0.226 e. The Morgan fingerprint density at radius 1 is 1.19 bits per heavy atom. The molecular weight excluding hydrogens is 333 g/mol. The van der Waals surface area contributed by atoms with E-state index in [4.69, 9.17) is 4.74 Å². The summed E-state index contributed by atoms with van der Waals surface area (Å²) in [5.41, 5.74) is 3.73. The van der Waals surface area contributed by atoms with Gasteiger partial charge in [0.05, 0.1) is 0 Å². The van der Waals surface area contributed by atoms with E-state index in [-0.39, 0.29) is 17.6 Å². The number of anilines is 1. The highest BCUT2D eigenvalue weighted by atomic mass is 19.1. The number of halogens is 1. The molecule has 0 bridgehead atoms. The van der Waals surface area contributed by atoms with Gasteiger partial charge in [0.25, 0.3) is 0 Å². The van der Waals surface area contributed by atoms with E-state index >= 15 is 0 Å². The predicted molar refractivity (Wildman–Crippen MR) is 95.6 cm³/mol. The second-order valence-electron chi connectivity index (χ2n) is 6.37. The number of carbonyl (C=O) groups is 1. The molecule has 6 heteroatoms. The fraction of sp³-hybridized carbons (Fsp3) is 0.200. The Kier molecular flexibility index (Phi) is 4.16. The lowest BCUT2D eigenvalue weighted by Gasteiger charge is -2.24. The number of hydrogen-bond acceptors (Lipinski definition) is 3. The first-order valence-corrected chi connectivity index (χ1v) is 8.42. The van der Waals surface area contributed by atoms with Gasteiger partial charge in [-0.2, -0.15) is 5.10 Å². The molecular formula is C20H18FN3O2. The van der Waals surface area contributed by atoms with Gasteiger partial charge in [-0.3, -0.25) is 9.89 Å². The third-order valence-electron chi connectivity index (χ3n) is 4.59. The number of rotatable bonds is 4. The Morgan fingerprint density at radius 2 is 1.96 bits per heavy atom. The lowest BCUT2D eigenvalue weighted by atomic mass is 9.85. The zero-order valence-corrected chi connectivity index (χ0v) is 14.3. The first-order valence-electron chi connectivity index (χ1n) is 8.42. The molecule has 1 aliphatic rings. The summed E-state index contributed by atoms with van der Waals surface area (Å²) in [6.07, 6.45) is 0.338. The molecule has 0 aliphatic carbocycles. The Morgan fingerprint density at radius 3 is 2.77 bits per heavy atom. The average molecular weight is 351 g/mol. The maximum atomic E-state index is 13.1. The standard InChI is InChI=1S/C20H18FN3O2/c1-12-19-16(10-18(25)22-20(19)24-23-12)15-4-2-3-5-17(15)26-11-13-6-8-14(21)9-7-13/h2-9,16H,10-11H2,1H3,(H2,22,23,24,25)/t16-/m0/s1. The van der Waals surface area contributed by atoms with Gasteiger partial charge < -0.3 is 10.1 Å². The molecule has 0 fully saturated rings. The molecule has 0 radical (unpaired) electrons. The third kappa shape index (κ3) is 3.06. The first kappa shape index (κ1) is 16.3. The van der Waals surface area contributed by atoms with Gasteiger partial charge in [-0.15, -0.1) is 0 Å². The number of aryl methyl sites for hydroxylation is 1. The quantitative estimate of drug-likeness (QED) is 0.749. The van der Waals surface area contributed by atoms with E-state index in [2.05, 4.69) is 15.5 Å². The molecule has 3 aromatic rings. The molecule has 1 amide bonds. The van der Waals surface area contributed by atoms with Crippen LogP contribution in [0.2, 0.25) is 0 Å². The van der Waals surface area contributed by atoms with Crippen LogP contribution in [0.25, 0.3) is 0 Å². The van der Waals surface area contributed by atoms with Crippen molar-refractivity contribution in [2.24, 2.45) is 0 Å². The second kappa shape index (κ2) is 6.63. The van der Waals surface area contributed by atoms with Crippen molar-refractivity contribution in [2.45, 2.75) is 25.9 Å². The normalized spacial score (nSPS) is 16.1. The van der Waals surface area contributed by atoms with E-state index in [1.54, 1.807) is 12.1 Å². The highest BCUT2D eigenvalue weighted by Crippen LogP contribution is 2.41. The van der Waals surface area contributed by atoms with Crippen molar-refractivity contribution in [3.8, 4) is 5.75 Å². The summed E-state index contributed by atoms with van der Waals surface area (Å²) < 4.78 is 19.1. The van der Waals surface area contributed by atoms with Gasteiger partial charge in [0.15, 0.2) is 5.82 Å². The maximum absolute atomic E-state index is 13.1. The number of carbonyl (C=O) groups excluding carboxylic acids is 1. The molecule has 1 aromatic heterocycles. The zero-order chi connectivity index (χ0) is 18.1. The fourth-order valence-corrected chi connectivity index (χ4v) is 3.34. The van der Waals surface area contributed by atoms with Crippen molar-refractivity contribution in [2.75, 3.05) is 5.32 Å². The molecule has 1 atom stereocenters. The minimum atomic E-state index is -0.273. The lowest BCUT2D eigenvalue weighted by Crippen LogP contribution is -2.23. The van der Waals surface area contributed by atoms with E-state index in [9.17, 15) is 9.18 Å². The molecule has 0 unspecified atom stereocenters. The molecule has 2 N–H and O–H groups in total. The van der Waals surface area contributed by atoms with Crippen molar-refractivity contribution >= 4 is 11.7 Å². The Balaban J connectivity index is 1.65. The van der Waals surface area contributed by atoms with Crippen LogP contribution in [0, 0.1) is 12.7 Å². The minimum Gasteiger partial charge on any atom is -0.489 e. The number of amides is 1. The number of nitrogens with zero attached hydrogens (tertiary/aromatic N) is 1. The number of hydrogen-bond donors (Lipinski definition) is 2. The molecule has 1 aliphatic heterocycles. The minimum absolute atomic E-state index is 0.0673. The Hall–Kier alpha value is -3.15. The monoisotopic (exact) mass is 351 g/mol. The van der Waals surface area contributed by atoms with Gasteiger partial charge in [-0.1, -0.05) is 30.3 Å². The summed E-state index contributed by atoms with van der Waals surface area (Å²) in [6, 6.07) is 13.9. The van der Waals surface area contributed by atoms with E-state index in [1.165, 1.54) is 12.1 Å². The van der Waals surface area contributed by atoms with E-state index in [1.807, 2.05) is 31.2 Å². The van der Waals surface area contributed by atoms with Crippen LogP contribution in [0.1, 0.15) is 34.7 Å². The highest BCUT2D eigenvalue weighted by molar-refractivity contribution is 5.94. The Bertz CT molecular complexity index is 950. The van der Waals surface area contributed by atoms with E-state index < -0.39 is 0 Å². The van der Waals surface area contributed by atoms with Crippen LogP contribution in [0.5, 0.6) is 5.75 Å². The van der Waals surface area contributed by atoms with Crippen LogP contribution in [-0.2, 0) is 11.4 Å². The van der Waals surface area contributed by atoms with Crippen molar-refractivity contribution in [3.05, 3.63) is 76.7 Å². The average Bonchev–Trinajstić information content (AvgIpc) is 3.01. The summed E-state index contributed by atoms with van der Waals surface area (Å²) in [5, 5.41) is 9.93. The fourth-order valence-electron chi connectivity index (χ4n) is 3.34. The number of aromatic nitrogens is 2. The van der Waals surface area contributed by atoms with Gasteiger partial charge in [0.1, 0.15) is 18.2 Å². The van der Waals surface area contributed by atoms with Gasteiger partial charge in [0, 0.05) is 29.2 Å². The number of nitrogens with one attached hydrogen (secondary N) is 2.